The van der Waals surface area contributed by atoms with Gasteiger partial charge in [0.1, 0.15) is 22.5 Å². The Morgan fingerprint density at radius 3 is 2.54 bits per heavy atom. The molecular weight excluding hydrogens is 460 g/mol. The van der Waals surface area contributed by atoms with E-state index in [4.69, 9.17) is 14.8 Å². The van der Waals surface area contributed by atoms with E-state index in [1.165, 1.54) is 4.88 Å². The second kappa shape index (κ2) is 9.87. The highest BCUT2D eigenvalue weighted by Gasteiger charge is 2.33. The summed E-state index contributed by atoms with van der Waals surface area (Å²) in [6.07, 6.45) is 4.65. The van der Waals surface area contributed by atoms with Crippen LogP contribution in [0.1, 0.15) is 78.4 Å². The number of aliphatic hydroxyl groups is 1. The highest BCUT2D eigenvalue weighted by atomic mass is 32.1. The van der Waals surface area contributed by atoms with Crippen molar-refractivity contribution in [1.82, 2.24) is 14.8 Å². The van der Waals surface area contributed by atoms with Crippen LogP contribution in [0.3, 0.4) is 0 Å². The lowest BCUT2D eigenvalue weighted by atomic mass is 9.98. The van der Waals surface area contributed by atoms with Gasteiger partial charge >= 0.3 is 5.97 Å². The average Bonchev–Trinajstić information content (AvgIpc) is 3.25. The highest BCUT2D eigenvalue weighted by Crippen LogP contribution is 2.39. The molecule has 3 aromatic rings. The number of nitrogens with zero attached hydrogens (tertiary/aromatic N) is 4. The Bertz CT molecular complexity index is 1290. The number of esters is 1. The van der Waals surface area contributed by atoms with Gasteiger partial charge < -0.3 is 9.84 Å². The molecule has 1 aromatic carbocycles. The Labute approximate surface area is 210 Å². The number of benzene rings is 1. The van der Waals surface area contributed by atoms with Crippen molar-refractivity contribution in [1.29, 1.82) is 0 Å². The average molecular weight is 493 g/mol. The minimum atomic E-state index is -0.580. The molecule has 0 saturated carbocycles. The van der Waals surface area contributed by atoms with E-state index in [2.05, 4.69) is 36.2 Å². The van der Waals surface area contributed by atoms with Crippen LogP contribution in [0.5, 0.6) is 0 Å². The van der Waals surface area contributed by atoms with Crippen molar-refractivity contribution < 1.29 is 14.6 Å². The van der Waals surface area contributed by atoms with Gasteiger partial charge in [-0.15, -0.1) is 21.5 Å². The van der Waals surface area contributed by atoms with Crippen molar-refractivity contribution in [3.8, 4) is 5.00 Å². The number of fused-ring (bicyclic) bond motifs is 3. The van der Waals surface area contributed by atoms with Crippen molar-refractivity contribution >= 4 is 29.1 Å². The summed E-state index contributed by atoms with van der Waals surface area (Å²) >= 11 is 1.69. The largest absolute Gasteiger partial charge is 0.460 e. The molecule has 0 bridgehead atoms. The van der Waals surface area contributed by atoms with E-state index >= 15 is 0 Å². The summed E-state index contributed by atoms with van der Waals surface area (Å²) in [5, 5.41) is 18.8. The van der Waals surface area contributed by atoms with Gasteiger partial charge in [0.05, 0.1) is 12.1 Å². The molecule has 184 valence electrons. The lowest BCUT2D eigenvalue weighted by Crippen LogP contribution is -2.25. The Hall–Kier alpha value is -3.10. The number of thiophene rings is 1. The minimum absolute atomic E-state index is 0.0772. The zero-order chi connectivity index (χ0) is 25.3. The van der Waals surface area contributed by atoms with Crippen LogP contribution in [0.4, 0.5) is 0 Å². The number of carbonyl (C=O) groups excluding carboxylic acids is 1. The van der Waals surface area contributed by atoms with Crippen LogP contribution in [0, 0.1) is 20.8 Å². The van der Waals surface area contributed by atoms with Gasteiger partial charge in [-0.2, -0.15) is 0 Å². The van der Waals surface area contributed by atoms with Crippen LogP contribution in [0.15, 0.2) is 35.3 Å². The number of hydrogen-bond acceptors (Lipinski definition) is 7. The number of aliphatic imine (C=N–C) groups is 1. The SMILES string of the molecule is Cc1sc2c(c1C)C(c1ccc(/C=C/CCO)cc1)=N[C@@H](CC(=O)OC(C)(C)C)c1nnc(C)n1-2. The first-order valence-corrected chi connectivity index (χ1v) is 12.6. The third kappa shape index (κ3) is 5.28. The van der Waals surface area contributed by atoms with E-state index in [0.717, 1.165) is 38.8 Å². The summed E-state index contributed by atoms with van der Waals surface area (Å²) in [4.78, 5) is 19.2. The lowest BCUT2D eigenvalue weighted by molar-refractivity contribution is -0.155. The van der Waals surface area contributed by atoms with E-state index in [0.29, 0.717) is 12.2 Å². The standard InChI is InChI=1S/C27H32N4O3S/c1-16-17(2)35-26-23(16)24(20-12-10-19(11-13-20)9-7-8-14-32)28-21(15-22(33)34-27(4,5)6)25-30-29-18(3)31(25)26/h7,9-13,21,32H,8,14-15H2,1-6H3/b9-7+/t21-/m0/s1. The topological polar surface area (TPSA) is 89.6 Å². The van der Waals surface area contributed by atoms with Gasteiger partial charge in [0.25, 0.3) is 0 Å². The summed E-state index contributed by atoms with van der Waals surface area (Å²) in [7, 11) is 0. The van der Waals surface area contributed by atoms with E-state index in [1.54, 1.807) is 11.3 Å². The van der Waals surface area contributed by atoms with E-state index in [9.17, 15) is 4.79 Å². The number of aromatic nitrogens is 3. The van der Waals surface area contributed by atoms with Gasteiger partial charge in [-0.1, -0.05) is 36.4 Å². The molecule has 0 fully saturated rings. The summed E-state index contributed by atoms with van der Waals surface area (Å²) in [5.74, 6) is 1.09. The molecule has 0 unspecified atom stereocenters. The first kappa shape index (κ1) is 25.0. The molecule has 3 heterocycles. The number of aryl methyl sites for hydroxylation is 2. The van der Waals surface area contributed by atoms with E-state index in [1.807, 2.05) is 56.5 Å². The molecule has 0 radical (unpaired) electrons. The van der Waals surface area contributed by atoms with Crippen LogP contribution >= 0.6 is 11.3 Å². The Morgan fingerprint density at radius 2 is 1.89 bits per heavy atom. The first-order valence-electron chi connectivity index (χ1n) is 11.8. The van der Waals surface area contributed by atoms with Crippen LogP contribution in [-0.4, -0.2) is 43.8 Å². The minimum Gasteiger partial charge on any atom is -0.460 e. The summed E-state index contributed by atoms with van der Waals surface area (Å²) in [5.41, 5.74) is 4.49. The first-order chi connectivity index (χ1) is 16.6. The van der Waals surface area contributed by atoms with Gasteiger partial charge in [-0.05, 0) is 59.1 Å². The van der Waals surface area contributed by atoms with Crippen molar-refractivity contribution in [3.05, 3.63) is 69.1 Å². The highest BCUT2D eigenvalue weighted by molar-refractivity contribution is 7.15. The van der Waals surface area contributed by atoms with Gasteiger partial charge in [0.2, 0.25) is 0 Å². The van der Waals surface area contributed by atoms with Gasteiger partial charge in [0.15, 0.2) is 5.82 Å². The van der Waals surface area contributed by atoms with Crippen molar-refractivity contribution in [2.75, 3.05) is 6.61 Å². The van der Waals surface area contributed by atoms with Gasteiger partial charge in [0, 0.05) is 22.6 Å². The molecule has 1 atom stereocenters. The smallest absolute Gasteiger partial charge is 0.308 e. The van der Waals surface area contributed by atoms with Gasteiger partial charge in [-0.3, -0.25) is 14.4 Å². The third-order valence-corrected chi connectivity index (χ3v) is 7.00. The molecule has 0 spiro atoms. The number of aliphatic hydroxyl groups excluding tert-OH is 1. The Morgan fingerprint density at radius 1 is 1.17 bits per heavy atom. The van der Waals surface area contributed by atoms with E-state index < -0.39 is 11.6 Å². The van der Waals surface area contributed by atoms with Crippen LogP contribution in [0.25, 0.3) is 11.1 Å². The number of ether oxygens (including phenoxy) is 1. The number of hydrogen-bond donors (Lipinski definition) is 1. The second-order valence-electron chi connectivity index (χ2n) is 9.72. The molecule has 1 aliphatic heterocycles. The summed E-state index contributed by atoms with van der Waals surface area (Å²) in [6.45, 7) is 11.9. The number of carbonyl (C=O) groups is 1. The molecule has 1 N–H and O–H groups in total. The van der Waals surface area contributed by atoms with Crippen molar-refractivity contribution in [2.24, 2.45) is 4.99 Å². The molecule has 4 rings (SSSR count). The Balaban J connectivity index is 1.83. The van der Waals surface area contributed by atoms with Crippen molar-refractivity contribution in [2.45, 2.75) is 66.0 Å². The second-order valence-corrected chi connectivity index (χ2v) is 10.9. The fourth-order valence-corrected chi connectivity index (χ4v) is 5.33. The molecule has 0 aliphatic carbocycles. The normalized spacial score (nSPS) is 15.5. The summed E-state index contributed by atoms with van der Waals surface area (Å²) in [6, 6.07) is 7.66. The maximum atomic E-state index is 12.8. The summed E-state index contributed by atoms with van der Waals surface area (Å²) < 4.78 is 7.66. The molecule has 7 nitrogen and oxygen atoms in total. The predicted molar refractivity (Wildman–Crippen MR) is 139 cm³/mol. The quantitative estimate of drug-likeness (QED) is 0.473. The molecule has 35 heavy (non-hydrogen) atoms. The zero-order valence-corrected chi connectivity index (χ0v) is 21.9. The van der Waals surface area contributed by atoms with E-state index in [-0.39, 0.29) is 19.0 Å². The zero-order valence-electron chi connectivity index (χ0n) is 21.1. The maximum Gasteiger partial charge on any atom is 0.308 e. The van der Waals surface area contributed by atoms with Crippen LogP contribution in [-0.2, 0) is 9.53 Å². The molecule has 0 saturated heterocycles. The molecule has 2 aromatic heterocycles. The van der Waals surface area contributed by atoms with Crippen molar-refractivity contribution in [3.63, 3.8) is 0 Å². The fraction of sp³-hybridized carbons (Fsp3) is 0.407. The lowest BCUT2D eigenvalue weighted by Gasteiger charge is -2.21. The maximum absolute atomic E-state index is 12.8. The molecule has 8 heteroatoms. The Kier molecular flexibility index (Phi) is 7.05. The fourth-order valence-electron chi connectivity index (χ4n) is 4.11. The molecule has 0 amide bonds. The molecule has 1 aliphatic rings. The third-order valence-electron chi connectivity index (χ3n) is 5.81. The number of rotatable bonds is 6. The predicted octanol–water partition coefficient (Wildman–Crippen LogP) is 5.27. The van der Waals surface area contributed by atoms with Crippen LogP contribution < -0.4 is 0 Å². The van der Waals surface area contributed by atoms with Crippen LogP contribution in [0.2, 0.25) is 0 Å². The van der Waals surface area contributed by atoms with Gasteiger partial charge in [-0.25, -0.2) is 0 Å². The molecular formula is C27H32N4O3S. The monoisotopic (exact) mass is 492 g/mol.